The normalized spacial score (nSPS) is 16.7. The molecule has 1 aliphatic rings. The summed E-state index contributed by atoms with van der Waals surface area (Å²) < 4.78 is 16.6. The van der Waals surface area contributed by atoms with Gasteiger partial charge in [-0.05, 0) is 80.1 Å². The van der Waals surface area contributed by atoms with Crippen LogP contribution in [0.2, 0.25) is 0 Å². The number of anilines is 1. The lowest BCUT2D eigenvalue weighted by Gasteiger charge is -2.31. The zero-order chi connectivity index (χ0) is 22.8. The Balaban J connectivity index is 1.36. The van der Waals surface area contributed by atoms with E-state index in [1.165, 1.54) is 12.1 Å². The molecule has 5 rings (SSSR count). The van der Waals surface area contributed by atoms with Gasteiger partial charge in [0, 0.05) is 22.4 Å². The first-order valence-electron chi connectivity index (χ1n) is 11.1. The van der Waals surface area contributed by atoms with Gasteiger partial charge < -0.3 is 5.32 Å². The lowest BCUT2D eigenvalue weighted by molar-refractivity contribution is -0.121. The van der Waals surface area contributed by atoms with Crippen molar-refractivity contribution in [2.45, 2.75) is 19.4 Å². The largest absolute Gasteiger partial charge is 0.326 e. The van der Waals surface area contributed by atoms with Gasteiger partial charge in [0.1, 0.15) is 11.6 Å². The average molecular weight is 507 g/mol. The van der Waals surface area contributed by atoms with Crippen LogP contribution in [-0.2, 0) is 11.3 Å². The van der Waals surface area contributed by atoms with Crippen LogP contribution in [0.1, 0.15) is 18.7 Å². The second-order valence-corrected chi connectivity index (χ2v) is 9.31. The number of piperidine rings is 1. The van der Waals surface area contributed by atoms with Crippen molar-refractivity contribution in [3.05, 3.63) is 88.9 Å². The van der Waals surface area contributed by atoms with E-state index in [2.05, 4.69) is 30.7 Å². The third kappa shape index (κ3) is 4.84. The van der Waals surface area contributed by atoms with Crippen molar-refractivity contribution in [3.8, 4) is 5.69 Å². The van der Waals surface area contributed by atoms with Crippen molar-refractivity contribution in [2.24, 2.45) is 5.92 Å². The third-order valence-corrected chi connectivity index (χ3v) is 6.60. The zero-order valence-corrected chi connectivity index (χ0v) is 19.6. The molecule has 4 aromatic rings. The first kappa shape index (κ1) is 21.8. The van der Waals surface area contributed by atoms with E-state index in [1.807, 2.05) is 48.5 Å². The highest BCUT2D eigenvalue weighted by molar-refractivity contribution is 9.10. The first-order chi connectivity index (χ1) is 16.1. The number of imidazole rings is 1. The van der Waals surface area contributed by atoms with E-state index in [9.17, 15) is 9.18 Å². The summed E-state index contributed by atoms with van der Waals surface area (Å²) in [5.41, 5.74) is 3.57. The maximum absolute atomic E-state index is 13.5. The van der Waals surface area contributed by atoms with Gasteiger partial charge in [-0.2, -0.15) is 0 Å². The van der Waals surface area contributed by atoms with Crippen molar-refractivity contribution in [1.29, 1.82) is 0 Å². The topological polar surface area (TPSA) is 50.2 Å². The van der Waals surface area contributed by atoms with Crippen molar-refractivity contribution < 1.29 is 9.18 Å². The molecule has 5 nitrogen and oxygen atoms in total. The van der Waals surface area contributed by atoms with Gasteiger partial charge in [0.2, 0.25) is 5.91 Å². The van der Waals surface area contributed by atoms with Crippen LogP contribution in [0.5, 0.6) is 0 Å². The number of nitrogens with zero attached hydrogens (tertiary/aromatic N) is 3. The fourth-order valence-electron chi connectivity index (χ4n) is 4.45. The van der Waals surface area contributed by atoms with Crippen LogP contribution in [-0.4, -0.2) is 33.4 Å². The van der Waals surface area contributed by atoms with Crippen LogP contribution in [0.4, 0.5) is 10.1 Å². The minimum Gasteiger partial charge on any atom is -0.326 e. The summed E-state index contributed by atoms with van der Waals surface area (Å²) in [4.78, 5) is 20.1. The van der Waals surface area contributed by atoms with Crippen molar-refractivity contribution >= 4 is 38.6 Å². The molecule has 0 aliphatic carbocycles. The van der Waals surface area contributed by atoms with Crippen LogP contribution < -0.4 is 5.32 Å². The Hall–Kier alpha value is -3.03. The molecule has 0 radical (unpaired) electrons. The lowest BCUT2D eigenvalue weighted by Crippen LogP contribution is -2.40. The van der Waals surface area contributed by atoms with Gasteiger partial charge in [0.25, 0.3) is 0 Å². The number of benzene rings is 3. The van der Waals surface area contributed by atoms with Gasteiger partial charge in [-0.25, -0.2) is 9.37 Å². The van der Waals surface area contributed by atoms with Gasteiger partial charge in [-0.1, -0.05) is 28.1 Å². The Labute approximate surface area is 200 Å². The number of halogens is 2. The molecule has 7 heteroatoms. The number of para-hydroxylation sites is 2. The summed E-state index contributed by atoms with van der Waals surface area (Å²) in [6.45, 7) is 2.21. The van der Waals surface area contributed by atoms with E-state index in [-0.39, 0.29) is 17.6 Å². The Morgan fingerprint density at radius 3 is 2.61 bits per heavy atom. The number of carbonyl (C=O) groups excluding carboxylic acids is 1. The van der Waals surface area contributed by atoms with Gasteiger partial charge in [0.15, 0.2) is 0 Å². The molecule has 0 spiro atoms. The molecule has 1 saturated heterocycles. The number of hydrogen-bond acceptors (Lipinski definition) is 3. The van der Waals surface area contributed by atoms with Crippen LogP contribution in [0.3, 0.4) is 0 Å². The van der Waals surface area contributed by atoms with Crippen LogP contribution in [0.15, 0.2) is 77.3 Å². The number of likely N-dealkylation sites (tertiary alicyclic amines) is 1. The number of amides is 1. The summed E-state index contributed by atoms with van der Waals surface area (Å²) in [5.74, 6) is 0.595. The summed E-state index contributed by atoms with van der Waals surface area (Å²) in [5, 5.41) is 3.04. The van der Waals surface area contributed by atoms with E-state index in [4.69, 9.17) is 4.98 Å². The predicted molar refractivity (Wildman–Crippen MR) is 132 cm³/mol. The smallest absolute Gasteiger partial charge is 0.228 e. The highest BCUT2D eigenvalue weighted by atomic mass is 79.9. The molecule has 1 atom stereocenters. The van der Waals surface area contributed by atoms with E-state index in [0.717, 1.165) is 52.1 Å². The number of carbonyl (C=O) groups is 1. The maximum atomic E-state index is 13.5. The molecule has 168 valence electrons. The average Bonchev–Trinajstić information content (AvgIpc) is 3.19. The zero-order valence-electron chi connectivity index (χ0n) is 18.0. The first-order valence-corrected chi connectivity index (χ1v) is 11.9. The second kappa shape index (κ2) is 9.45. The highest BCUT2D eigenvalue weighted by Gasteiger charge is 2.27. The molecular weight excluding hydrogens is 483 g/mol. The quantitative estimate of drug-likeness (QED) is 0.373. The molecule has 1 N–H and O–H groups in total. The molecule has 1 aliphatic heterocycles. The Morgan fingerprint density at radius 1 is 1.06 bits per heavy atom. The summed E-state index contributed by atoms with van der Waals surface area (Å²) in [7, 11) is 0. The maximum Gasteiger partial charge on any atom is 0.228 e. The molecule has 33 heavy (non-hydrogen) atoms. The van der Waals surface area contributed by atoms with Crippen molar-refractivity contribution in [1.82, 2.24) is 14.5 Å². The molecule has 2 heterocycles. The van der Waals surface area contributed by atoms with E-state index < -0.39 is 0 Å². The fourth-order valence-corrected chi connectivity index (χ4v) is 4.72. The molecular formula is C26H24BrFN4O. The summed E-state index contributed by atoms with van der Waals surface area (Å²) in [6.07, 6.45) is 1.82. The standard InChI is InChI=1S/C26H24BrFN4O/c27-19-7-11-21(12-8-19)29-26(33)18-4-3-15-31(16-18)17-25-30-23-5-1-2-6-24(23)32(25)22-13-9-20(28)10-14-22/h1-2,5-14,18H,3-4,15-17H2,(H,29,33)/t18-/m1/s1. The lowest BCUT2D eigenvalue weighted by atomic mass is 9.97. The second-order valence-electron chi connectivity index (χ2n) is 8.40. The third-order valence-electron chi connectivity index (χ3n) is 6.07. The molecule has 1 fully saturated rings. The molecule has 3 aromatic carbocycles. The molecule has 1 amide bonds. The van der Waals surface area contributed by atoms with Gasteiger partial charge >= 0.3 is 0 Å². The van der Waals surface area contributed by atoms with E-state index >= 15 is 0 Å². The number of aromatic nitrogens is 2. The minimum atomic E-state index is -0.264. The Morgan fingerprint density at radius 2 is 1.82 bits per heavy atom. The monoisotopic (exact) mass is 506 g/mol. The minimum absolute atomic E-state index is 0.0501. The van der Waals surface area contributed by atoms with Crippen LogP contribution in [0, 0.1) is 11.7 Å². The number of hydrogen-bond donors (Lipinski definition) is 1. The van der Waals surface area contributed by atoms with E-state index in [0.29, 0.717) is 13.1 Å². The van der Waals surface area contributed by atoms with E-state index in [1.54, 1.807) is 12.1 Å². The summed E-state index contributed by atoms with van der Waals surface area (Å²) in [6, 6.07) is 22.1. The van der Waals surface area contributed by atoms with Crippen LogP contribution >= 0.6 is 15.9 Å². The fraction of sp³-hybridized carbons (Fsp3) is 0.231. The molecule has 0 saturated carbocycles. The Bertz CT molecular complexity index is 1270. The van der Waals surface area contributed by atoms with Crippen LogP contribution in [0.25, 0.3) is 16.7 Å². The van der Waals surface area contributed by atoms with Gasteiger partial charge in [-0.3, -0.25) is 14.3 Å². The van der Waals surface area contributed by atoms with Gasteiger partial charge in [0.05, 0.1) is 23.5 Å². The molecule has 0 unspecified atom stereocenters. The van der Waals surface area contributed by atoms with Crippen molar-refractivity contribution in [3.63, 3.8) is 0 Å². The van der Waals surface area contributed by atoms with Gasteiger partial charge in [-0.15, -0.1) is 0 Å². The predicted octanol–water partition coefficient (Wildman–Crippen LogP) is 5.78. The SMILES string of the molecule is O=C(Nc1ccc(Br)cc1)[C@@H]1CCCN(Cc2nc3ccccc3n2-c2ccc(F)cc2)C1. The molecule has 0 bridgehead atoms. The Kier molecular flexibility index (Phi) is 6.24. The number of rotatable bonds is 5. The number of fused-ring (bicyclic) bond motifs is 1. The number of nitrogens with one attached hydrogen (secondary N) is 1. The van der Waals surface area contributed by atoms with Crippen molar-refractivity contribution in [2.75, 3.05) is 18.4 Å². The summed E-state index contributed by atoms with van der Waals surface area (Å²) >= 11 is 3.42. The molecule has 1 aromatic heterocycles. The highest BCUT2D eigenvalue weighted by Crippen LogP contribution is 2.25.